The molecule has 0 saturated carbocycles. The highest BCUT2D eigenvalue weighted by Gasteiger charge is 2.52. The Morgan fingerprint density at radius 1 is 1.38 bits per heavy atom. The van der Waals surface area contributed by atoms with Gasteiger partial charge < -0.3 is 16.0 Å². The van der Waals surface area contributed by atoms with E-state index in [2.05, 4.69) is 20.4 Å². The van der Waals surface area contributed by atoms with Crippen molar-refractivity contribution in [2.45, 2.75) is 18.7 Å². The van der Waals surface area contributed by atoms with Crippen LogP contribution in [0, 0.1) is 0 Å². The second-order valence-corrected chi connectivity index (χ2v) is 6.68. The van der Waals surface area contributed by atoms with Gasteiger partial charge in [-0.15, -0.1) is 0 Å². The lowest BCUT2D eigenvalue weighted by atomic mass is 9.97. The summed E-state index contributed by atoms with van der Waals surface area (Å²) in [7, 11) is 3.40. The summed E-state index contributed by atoms with van der Waals surface area (Å²) in [5.74, 6) is 0.255. The molecular formula is C18H21N7O4. The molecule has 3 heterocycles. The van der Waals surface area contributed by atoms with Gasteiger partial charge in [0.15, 0.2) is 5.84 Å². The fraction of sp³-hybridized carbons (Fsp3) is 0.333. The normalized spacial score (nSPS) is 20.6. The van der Waals surface area contributed by atoms with Crippen molar-refractivity contribution in [3.05, 3.63) is 53.3 Å². The lowest BCUT2D eigenvalue weighted by Crippen LogP contribution is -2.43. The summed E-state index contributed by atoms with van der Waals surface area (Å²) < 4.78 is 1.67. The van der Waals surface area contributed by atoms with Gasteiger partial charge in [-0.05, 0) is 5.56 Å². The zero-order valence-corrected chi connectivity index (χ0v) is 16.0. The van der Waals surface area contributed by atoms with E-state index < -0.39 is 12.1 Å². The van der Waals surface area contributed by atoms with Crippen molar-refractivity contribution >= 4 is 18.0 Å². The minimum atomic E-state index is -1.04. The molecule has 1 aromatic carbocycles. The molecule has 0 unspecified atom stereocenters. The highest BCUT2D eigenvalue weighted by molar-refractivity contribution is 5.93. The molecule has 29 heavy (non-hydrogen) atoms. The van der Waals surface area contributed by atoms with Crippen molar-refractivity contribution in [3.8, 4) is 0 Å². The van der Waals surface area contributed by atoms with Crippen molar-refractivity contribution in [1.29, 1.82) is 0 Å². The molecule has 0 aliphatic carbocycles. The molecule has 2 bridgehead atoms. The summed E-state index contributed by atoms with van der Waals surface area (Å²) in [6.45, 7) is 0.642. The molecule has 1 fully saturated rings. The minimum absolute atomic E-state index is 0.255. The first-order valence-electron chi connectivity index (χ1n) is 9.01. The van der Waals surface area contributed by atoms with Gasteiger partial charge in [0, 0.05) is 19.7 Å². The van der Waals surface area contributed by atoms with Gasteiger partial charge >= 0.3 is 12.1 Å². The Bertz CT molecular complexity index is 958. The average molecular weight is 399 g/mol. The van der Waals surface area contributed by atoms with Gasteiger partial charge in [-0.1, -0.05) is 35.5 Å². The molecule has 3 N–H and O–H groups in total. The Morgan fingerprint density at radius 3 is 2.83 bits per heavy atom. The molecule has 4 rings (SSSR count). The van der Waals surface area contributed by atoms with Crippen LogP contribution in [-0.4, -0.2) is 51.3 Å². The number of oxime groups is 1. The molecule has 2 atom stereocenters. The monoisotopic (exact) mass is 399 g/mol. The van der Waals surface area contributed by atoms with Gasteiger partial charge in [0.1, 0.15) is 18.7 Å². The van der Waals surface area contributed by atoms with Crippen LogP contribution in [0.3, 0.4) is 0 Å². The van der Waals surface area contributed by atoms with Crippen LogP contribution in [0.5, 0.6) is 0 Å². The lowest BCUT2D eigenvalue weighted by Gasteiger charge is -2.31. The highest BCUT2D eigenvalue weighted by atomic mass is 16.7. The summed E-state index contributed by atoms with van der Waals surface area (Å²) >= 11 is 0. The van der Waals surface area contributed by atoms with Crippen LogP contribution in [0.15, 0.2) is 41.7 Å². The fourth-order valence-electron chi connectivity index (χ4n) is 3.71. The number of primary amides is 1. The summed E-state index contributed by atoms with van der Waals surface area (Å²) in [6, 6.07) is 8.36. The van der Waals surface area contributed by atoms with E-state index in [0.717, 1.165) is 16.8 Å². The number of urea groups is 1. The summed E-state index contributed by atoms with van der Waals surface area (Å²) in [6.07, 6.45) is 0.668. The van der Waals surface area contributed by atoms with Gasteiger partial charge in [0.25, 0.3) is 0 Å². The van der Waals surface area contributed by atoms with E-state index in [1.54, 1.807) is 29.9 Å². The number of hydroxylamine groups is 2. The van der Waals surface area contributed by atoms with Crippen molar-refractivity contribution < 1.29 is 19.3 Å². The number of nitrogens with zero attached hydrogens (tertiary/aromatic N) is 5. The van der Waals surface area contributed by atoms with E-state index in [1.807, 2.05) is 30.3 Å². The largest absolute Gasteiger partial charge is 0.430 e. The molecule has 0 radical (unpaired) electrons. The highest BCUT2D eigenvalue weighted by Crippen LogP contribution is 2.44. The number of nitrogens with one attached hydrogen (secondary N) is 1. The second kappa shape index (κ2) is 7.43. The SMILES string of the molecule is CN/C(=N\OC(N)=O)[C@@H]1c2c(cnn2C)[C@@H]2CN1C(=O)N2OCc1ccccc1. The topological polar surface area (TPSA) is 127 Å². The number of likely N-dealkylation sites (N-methyl/N-ethyl adjacent to an activating group) is 1. The van der Waals surface area contributed by atoms with Gasteiger partial charge in [0.2, 0.25) is 0 Å². The molecule has 1 saturated heterocycles. The first-order valence-corrected chi connectivity index (χ1v) is 9.01. The summed E-state index contributed by atoms with van der Waals surface area (Å²) in [5, 5.41) is 12.4. The number of aryl methyl sites for hydroxylation is 1. The van der Waals surface area contributed by atoms with E-state index in [-0.39, 0.29) is 24.5 Å². The van der Waals surface area contributed by atoms with Crippen molar-refractivity contribution in [3.63, 3.8) is 0 Å². The van der Waals surface area contributed by atoms with Gasteiger partial charge in [0.05, 0.1) is 18.4 Å². The van der Waals surface area contributed by atoms with E-state index in [9.17, 15) is 9.59 Å². The number of nitrogens with two attached hydrogens (primary N) is 1. The standard InChI is InChI=1S/C18H21N7O4/c1-20-16(22-29-17(19)26)15-14-12(8-21-23(14)2)13-9-24(15)18(27)25(13)28-10-11-6-4-3-5-7-11/h3-8,13,15H,9-10H2,1-2H3,(H2,19,26)(H,20,22)/t13-,15-/m0/s1. The zero-order chi connectivity index (χ0) is 20.5. The molecule has 11 nitrogen and oxygen atoms in total. The molecule has 2 aromatic rings. The predicted molar refractivity (Wildman–Crippen MR) is 101 cm³/mol. The molecule has 1 aromatic heterocycles. The maximum Gasteiger partial charge on any atom is 0.430 e. The zero-order valence-electron chi connectivity index (χ0n) is 16.0. The van der Waals surface area contributed by atoms with Crippen LogP contribution in [0.25, 0.3) is 0 Å². The number of fused-ring (bicyclic) bond motifs is 4. The Balaban J connectivity index is 1.66. The molecule has 0 spiro atoms. The first kappa shape index (κ1) is 18.7. The summed E-state index contributed by atoms with van der Waals surface area (Å²) in [4.78, 5) is 36.2. The number of hydrogen-bond donors (Lipinski definition) is 2. The molecule has 2 aliphatic rings. The third-order valence-electron chi connectivity index (χ3n) is 4.99. The first-order chi connectivity index (χ1) is 14.0. The smallest absolute Gasteiger partial charge is 0.372 e. The van der Waals surface area contributed by atoms with Crippen molar-refractivity contribution in [2.75, 3.05) is 13.6 Å². The number of carbonyl (C=O) groups is 2. The van der Waals surface area contributed by atoms with Crippen LogP contribution in [-0.2, 0) is 23.3 Å². The van der Waals surface area contributed by atoms with Gasteiger partial charge in [-0.25, -0.2) is 9.59 Å². The molecule has 2 aliphatic heterocycles. The van der Waals surface area contributed by atoms with Crippen LogP contribution >= 0.6 is 0 Å². The summed E-state index contributed by atoms with van der Waals surface area (Å²) in [5.41, 5.74) is 7.57. The van der Waals surface area contributed by atoms with Crippen LogP contribution in [0.1, 0.15) is 28.9 Å². The van der Waals surface area contributed by atoms with Gasteiger partial charge in [-0.3, -0.25) is 14.4 Å². The number of amides is 3. The Kier molecular flexibility index (Phi) is 4.80. The van der Waals surface area contributed by atoms with Crippen LogP contribution in [0.2, 0.25) is 0 Å². The molecule has 11 heteroatoms. The number of hydrogen-bond acceptors (Lipinski definition) is 6. The quantitative estimate of drug-likeness (QED) is 0.334. The predicted octanol–water partition coefficient (Wildman–Crippen LogP) is 1.01. The van der Waals surface area contributed by atoms with Crippen LogP contribution < -0.4 is 11.1 Å². The van der Waals surface area contributed by atoms with E-state index in [1.165, 1.54) is 5.06 Å². The van der Waals surface area contributed by atoms with Crippen molar-refractivity contribution in [1.82, 2.24) is 25.1 Å². The third kappa shape index (κ3) is 3.25. The minimum Gasteiger partial charge on any atom is -0.372 e. The van der Waals surface area contributed by atoms with E-state index in [0.29, 0.717) is 6.54 Å². The third-order valence-corrected chi connectivity index (χ3v) is 4.99. The van der Waals surface area contributed by atoms with Gasteiger partial charge in [-0.2, -0.15) is 10.2 Å². The Hall–Kier alpha value is -3.60. The number of carbonyl (C=O) groups excluding carboxylic acids is 2. The molecule has 3 amide bonds. The maximum absolute atomic E-state index is 13.1. The van der Waals surface area contributed by atoms with Crippen LogP contribution in [0.4, 0.5) is 9.59 Å². The molecular weight excluding hydrogens is 378 g/mol. The number of benzene rings is 1. The van der Waals surface area contributed by atoms with E-state index >= 15 is 0 Å². The Labute approximate surface area is 166 Å². The number of amidine groups is 1. The average Bonchev–Trinajstić information content (AvgIpc) is 3.23. The fourth-order valence-corrected chi connectivity index (χ4v) is 3.71. The Morgan fingerprint density at radius 2 is 2.14 bits per heavy atom. The molecule has 152 valence electrons. The lowest BCUT2D eigenvalue weighted by molar-refractivity contribution is -0.141. The maximum atomic E-state index is 13.1. The van der Waals surface area contributed by atoms with E-state index in [4.69, 9.17) is 10.6 Å². The number of aromatic nitrogens is 2. The second-order valence-electron chi connectivity index (χ2n) is 6.68. The van der Waals surface area contributed by atoms with Crippen molar-refractivity contribution in [2.24, 2.45) is 17.9 Å². The number of rotatable bonds is 5.